The summed E-state index contributed by atoms with van der Waals surface area (Å²) >= 11 is 1.56. The molecule has 0 unspecified atom stereocenters. The number of rotatable bonds is 9. The Kier molecular flexibility index (Phi) is 6.75. The Morgan fingerprint density at radius 1 is 1.30 bits per heavy atom. The van der Waals surface area contributed by atoms with Crippen molar-refractivity contribution in [1.29, 1.82) is 0 Å². The molecule has 0 radical (unpaired) electrons. The number of carbonyl (C=O) groups excluding carboxylic acids is 3. The van der Waals surface area contributed by atoms with Crippen LogP contribution < -0.4 is 5.32 Å². The number of fused-ring (bicyclic) bond motifs is 1. The predicted molar refractivity (Wildman–Crippen MR) is 102 cm³/mol. The van der Waals surface area contributed by atoms with Crippen LogP contribution in [0, 0.1) is 0 Å². The van der Waals surface area contributed by atoms with Gasteiger partial charge in [-0.2, -0.15) is 0 Å². The summed E-state index contributed by atoms with van der Waals surface area (Å²) in [7, 11) is 0. The van der Waals surface area contributed by atoms with Gasteiger partial charge in [0.2, 0.25) is 5.91 Å². The maximum Gasteiger partial charge on any atom is 0.306 e. The number of esters is 1. The second-order valence-electron chi connectivity index (χ2n) is 6.42. The maximum atomic E-state index is 11.8. The Morgan fingerprint density at radius 3 is 2.93 bits per heavy atom. The van der Waals surface area contributed by atoms with Gasteiger partial charge in [0.1, 0.15) is 0 Å². The van der Waals surface area contributed by atoms with E-state index in [1.54, 1.807) is 11.3 Å². The lowest BCUT2D eigenvalue weighted by Gasteiger charge is -2.15. The molecule has 1 N–H and O–H groups in total. The van der Waals surface area contributed by atoms with E-state index in [1.807, 2.05) is 29.2 Å². The average Bonchev–Trinajstić information content (AvgIpc) is 3.27. The summed E-state index contributed by atoms with van der Waals surface area (Å²) in [5.41, 5.74) is 0.931. The van der Waals surface area contributed by atoms with Crippen molar-refractivity contribution in [2.45, 2.75) is 32.1 Å². The van der Waals surface area contributed by atoms with Gasteiger partial charge in [0.25, 0.3) is 5.91 Å². The highest BCUT2D eigenvalue weighted by atomic mass is 32.1. The summed E-state index contributed by atoms with van der Waals surface area (Å²) in [5, 5.41) is 3.59. The highest BCUT2D eigenvalue weighted by molar-refractivity contribution is 7.18. The molecule has 144 valence electrons. The van der Waals surface area contributed by atoms with Gasteiger partial charge in [0.05, 0.1) is 21.6 Å². The number of para-hydroxylation sites is 1. The molecule has 2 heterocycles. The van der Waals surface area contributed by atoms with Crippen molar-refractivity contribution in [3.8, 4) is 0 Å². The Morgan fingerprint density at radius 2 is 2.15 bits per heavy atom. The predicted octanol–water partition coefficient (Wildman–Crippen LogP) is 1.90. The maximum absolute atomic E-state index is 11.8. The number of amides is 2. The quantitative estimate of drug-likeness (QED) is 0.523. The molecule has 1 aromatic carbocycles. The molecule has 1 fully saturated rings. The van der Waals surface area contributed by atoms with Crippen LogP contribution in [0.2, 0.25) is 0 Å². The lowest BCUT2D eigenvalue weighted by atomic mass is 10.3. The first-order chi connectivity index (χ1) is 13.1. The van der Waals surface area contributed by atoms with E-state index in [0.29, 0.717) is 32.4 Å². The first kappa shape index (κ1) is 19.3. The van der Waals surface area contributed by atoms with Crippen molar-refractivity contribution in [2.24, 2.45) is 0 Å². The van der Waals surface area contributed by atoms with Gasteiger partial charge in [-0.05, 0) is 25.0 Å². The molecule has 0 aliphatic carbocycles. The van der Waals surface area contributed by atoms with Crippen molar-refractivity contribution < 1.29 is 19.1 Å². The van der Waals surface area contributed by atoms with E-state index in [1.165, 1.54) is 0 Å². The van der Waals surface area contributed by atoms with Crippen LogP contribution in [-0.4, -0.2) is 53.9 Å². The summed E-state index contributed by atoms with van der Waals surface area (Å²) in [6, 6.07) is 7.83. The van der Waals surface area contributed by atoms with Gasteiger partial charge in [-0.1, -0.05) is 12.1 Å². The lowest BCUT2D eigenvalue weighted by Crippen LogP contribution is -2.32. The van der Waals surface area contributed by atoms with E-state index in [2.05, 4.69) is 10.3 Å². The molecular formula is C19H23N3O4S. The lowest BCUT2D eigenvalue weighted by molar-refractivity contribution is -0.148. The average molecular weight is 389 g/mol. The number of thiazole rings is 1. The zero-order chi connectivity index (χ0) is 19.1. The van der Waals surface area contributed by atoms with E-state index in [0.717, 1.165) is 28.2 Å². The monoisotopic (exact) mass is 389 g/mol. The van der Waals surface area contributed by atoms with Gasteiger partial charge in [-0.3, -0.25) is 14.4 Å². The van der Waals surface area contributed by atoms with Crippen molar-refractivity contribution in [1.82, 2.24) is 15.2 Å². The van der Waals surface area contributed by atoms with E-state index >= 15 is 0 Å². The second-order valence-corrected chi connectivity index (χ2v) is 7.54. The highest BCUT2D eigenvalue weighted by Gasteiger charge is 2.19. The van der Waals surface area contributed by atoms with Crippen molar-refractivity contribution in [2.75, 3.05) is 26.2 Å². The highest BCUT2D eigenvalue weighted by Crippen LogP contribution is 2.22. The molecule has 7 nitrogen and oxygen atoms in total. The minimum Gasteiger partial charge on any atom is -0.456 e. The fourth-order valence-corrected chi connectivity index (χ4v) is 3.91. The van der Waals surface area contributed by atoms with Crippen molar-refractivity contribution in [3.63, 3.8) is 0 Å². The molecule has 1 aromatic heterocycles. The number of aromatic nitrogens is 1. The molecule has 0 bridgehead atoms. The Balaban J connectivity index is 1.28. The summed E-state index contributed by atoms with van der Waals surface area (Å²) in [6.45, 7) is 1.65. The van der Waals surface area contributed by atoms with Gasteiger partial charge in [-0.15, -0.1) is 11.3 Å². The number of nitrogens with one attached hydrogen (secondary N) is 1. The van der Waals surface area contributed by atoms with E-state index in [4.69, 9.17) is 4.74 Å². The normalized spacial score (nSPS) is 13.9. The van der Waals surface area contributed by atoms with Gasteiger partial charge >= 0.3 is 5.97 Å². The summed E-state index contributed by atoms with van der Waals surface area (Å²) in [5.74, 6) is -0.550. The van der Waals surface area contributed by atoms with Crippen molar-refractivity contribution >= 4 is 39.3 Å². The number of nitrogens with zero attached hydrogens (tertiary/aromatic N) is 2. The summed E-state index contributed by atoms with van der Waals surface area (Å²) in [4.78, 5) is 41.3. The molecule has 3 rings (SSSR count). The number of likely N-dealkylation sites (tertiary alicyclic amines) is 1. The van der Waals surface area contributed by atoms with Gasteiger partial charge in [0.15, 0.2) is 6.61 Å². The number of aryl methyl sites for hydroxylation is 1. The van der Waals surface area contributed by atoms with Gasteiger partial charge in [0, 0.05) is 32.5 Å². The van der Waals surface area contributed by atoms with Crippen LogP contribution >= 0.6 is 11.3 Å². The standard InChI is InChI=1S/C19H23N3O4S/c23-16(20-10-4-12-22-11-3-7-18(22)24)13-26-19(25)9-8-17-21-14-5-1-2-6-15(14)27-17/h1-2,5-6H,3-4,7-13H2,(H,20,23). The van der Waals surface area contributed by atoms with E-state index < -0.39 is 5.97 Å². The molecule has 8 heteroatoms. The molecule has 0 saturated carbocycles. The van der Waals surface area contributed by atoms with E-state index in [9.17, 15) is 14.4 Å². The molecule has 0 atom stereocenters. The molecule has 2 aromatic rings. The van der Waals surface area contributed by atoms with Crippen LogP contribution in [0.5, 0.6) is 0 Å². The van der Waals surface area contributed by atoms with Crippen LogP contribution in [0.4, 0.5) is 0 Å². The number of ether oxygens (including phenoxy) is 1. The molecule has 0 spiro atoms. The van der Waals surface area contributed by atoms with Crippen LogP contribution in [0.15, 0.2) is 24.3 Å². The smallest absolute Gasteiger partial charge is 0.306 e. The first-order valence-electron chi connectivity index (χ1n) is 9.16. The number of hydrogen-bond donors (Lipinski definition) is 1. The third-order valence-electron chi connectivity index (χ3n) is 4.34. The van der Waals surface area contributed by atoms with Crippen LogP contribution in [0.1, 0.15) is 30.7 Å². The molecule has 1 aliphatic heterocycles. The Bertz CT molecular complexity index is 787. The van der Waals surface area contributed by atoms with Gasteiger partial charge in [-0.25, -0.2) is 4.98 Å². The minimum absolute atomic E-state index is 0.184. The molecular weight excluding hydrogens is 366 g/mol. The summed E-state index contributed by atoms with van der Waals surface area (Å²) in [6.07, 6.45) is 2.94. The molecule has 2 amide bonds. The molecule has 1 aliphatic rings. The second kappa shape index (κ2) is 9.45. The van der Waals surface area contributed by atoms with Gasteiger partial charge < -0.3 is 15.0 Å². The Labute approximate surface area is 161 Å². The third kappa shape index (κ3) is 5.75. The van der Waals surface area contributed by atoms with Crippen LogP contribution in [0.3, 0.4) is 0 Å². The minimum atomic E-state index is -0.410. The van der Waals surface area contributed by atoms with Crippen LogP contribution in [0.25, 0.3) is 10.2 Å². The number of hydrogen-bond acceptors (Lipinski definition) is 6. The topological polar surface area (TPSA) is 88.6 Å². The SMILES string of the molecule is O=C(COC(=O)CCc1nc2ccccc2s1)NCCCN1CCCC1=O. The van der Waals surface area contributed by atoms with E-state index in [-0.39, 0.29) is 24.8 Å². The Hall–Kier alpha value is -2.48. The largest absolute Gasteiger partial charge is 0.456 e. The molecule has 1 saturated heterocycles. The molecule has 27 heavy (non-hydrogen) atoms. The zero-order valence-electron chi connectivity index (χ0n) is 15.1. The first-order valence-corrected chi connectivity index (χ1v) is 9.98. The third-order valence-corrected chi connectivity index (χ3v) is 5.44. The number of carbonyl (C=O) groups is 3. The fraction of sp³-hybridized carbons (Fsp3) is 0.474. The zero-order valence-corrected chi connectivity index (χ0v) is 15.9. The number of benzene rings is 1. The van der Waals surface area contributed by atoms with Crippen molar-refractivity contribution in [3.05, 3.63) is 29.3 Å². The fourth-order valence-electron chi connectivity index (χ4n) is 2.94. The van der Waals surface area contributed by atoms with Crippen LogP contribution in [-0.2, 0) is 25.5 Å². The summed E-state index contributed by atoms with van der Waals surface area (Å²) < 4.78 is 6.10.